The van der Waals surface area contributed by atoms with Crippen molar-refractivity contribution in [3.8, 4) is 0 Å². The summed E-state index contributed by atoms with van der Waals surface area (Å²) in [6, 6.07) is 13.7. The summed E-state index contributed by atoms with van der Waals surface area (Å²) >= 11 is 13.7. The second-order valence-corrected chi connectivity index (χ2v) is 8.21. The van der Waals surface area contributed by atoms with E-state index in [0.717, 1.165) is 48.6 Å². The third-order valence-electron chi connectivity index (χ3n) is 4.69. The van der Waals surface area contributed by atoms with E-state index < -0.39 is 0 Å². The van der Waals surface area contributed by atoms with Crippen molar-refractivity contribution in [1.82, 2.24) is 4.90 Å². The topological polar surface area (TPSA) is 32.3 Å². The van der Waals surface area contributed by atoms with Crippen LogP contribution in [0.4, 0.5) is 5.69 Å². The monoisotopic (exact) mass is 408 g/mol. The van der Waals surface area contributed by atoms with Crippen LogP contribution in [-0.2, 0) is 11.3 Å². The van der Waals surface area contributed by atoms with E-state index >= 15 is 0 Å². The Balaban J connectivity index is 1.51. The van der Waals surface area contributed by atoms with Gasteiger partial charge in [0.15, 0.2) is 0 Å². The first kappa shape index (κ1) is 19.6. The number of halogens is 2. The number of benzene rings is 2. The molecule has 1 N–H and O–H groups in total. The molecule has 2 aromatic carbocycles. The van der Waals surface area contributed by atoms with E-state index in [1.165, 1.54) is 0 Å². The number of hydrogen-bond acceptors (Lipinski definition) is 3. The molecule has 1 aliphatic rings. The van der Waals surface area contributed by atoms with Gasteiger partial charge in [0, 0.05) is 23.0 Å². The Morgan fingerprint density at radius 3 is 2.62 bits per heavy atom. The van der Waals surface area contributed by atoms with E-state index in [9.17, 15) is 4.79 Å². The number of likely N-dealkylation sites (tertiary alicyclic amines) is 1. The van der Waals surface area contributed by atoms with Gasteiger partial charge in [0.05, 0.1) is 10.0 Å². The number of piperidine rings is 1. The molecule has 1 saturated heterocycles. The highest BCUT2D eigenvalue weighted by Gasteiger charge is 2.25. The van der Waals surface area contributed by atoms with Crippen LogP contribution in [-0.4, -0.2) is 30.2 Å². The minimum absolute atomic E-state index is 0.0676. The molecule has 138 valence electrons. The Hall–Kier alpha value is -1.20. The number of carbonyl (C=O) groups excluding carboxylic acids is 1. The number of rotatable bonds is 5. The summed E-state index contributed by atoms with van der Waals surface area (Å²) in [5.74, 6) is 0.190. The fraction of sp³-hybridized carbons (Fsp3) is 0.350. The molecule has 0 bridgehead atoms. The summed E-state index contributed by atoms with van der Waals surface area (Å²) in [6.45, 7) is 2.65. The van der Waals surface area contributed by atoms with Crippen molar-refractivity contribution in [3.63, 3.8) is 0 Å². The highest BCUT2D eigenvalue weighted by atomic mass is 35.5. The minimum atomic E-state index is 0.0676. The first-order chi connectivity index (χ1) is 12.5. The van der Waals surface area contributed by atoms with E-state index in [1.807, 2.05) is 48.7 Å². The molecule has 1 aliphatic heterocycles. The van der Waals surface area contributed by atoms with Gasteiger partial charge in [-0.15, -0.1) is 11.8 Å². The van der Waals surface area contributed by atoms with Crippen molar-refractivity contribution >= 4 is 46.6 Å². The molecule has 0 radical (unpaired) electrons. The lowest BCUT2D eigenvalue weighted by molar-refractivity contribution is -0.121. The fourth-order valence-corrected chi connectivity index (χ4v) is 3.97. The molecule has 0 spiro atoms. The zero-order valence-corrected chi connectivity index (χ0v) is 17.0. The average molecular weight is 409 g/mol. The summed E-state index contributed by atoms with van der Waals surface area (Å²) in [6.07, 6.45) is 3.77. The van der Waals surface area contributed by atoms with E-state index in [2.05, 4.69) is 10.2 Å². The Kier molecular flexibility index (Phi) is 6.87. The summed E-state index contributed by atoms with van der Waals surface area (Å²) in [7, 11) is 0. The maximum Gasteiger partial charge on any atom is 0.227 e. The first-order valence-electron chi connectivity index (χ1n) is 8.66. The van der Waals surface area contributed by atoms with Crippen LogP contribution < -0.4 is 5.32 Å². The minimum Gasteiger partial charge on any atom is -0.326 e. The predicted octanol–water partition coefficient (Wildman–Crippen LogP) is 5.57. The van der Waals surface area contributed by atoms with E-state index in [1.54, 1.807) is 11.8 Å². The molecular weight excluding hydrogens is 387 g/mol. The number of nitrogens with zero attached hydrogens (tertiary/aromatic N) is 1. The van der Waals surface area contributed by atoms with Gasteiger partial charge in [0.1, 0.15) is 0 Å². The quantitative estimate of drug-likeness (QED) is 0.656. The van der Waals surface area contributed by atoms with E-state index in [0.29, 0.717) is 10.0 Å². The zero-order chi connectivity index (χ0) is 18.5. The van der Waals surface area contributed by atoms with Crippen LogP contribution in [0.15, 0.2) is 47.4 Å². The molecule has 0 saturated carbocycles. The van der Waals surface area contributed by atoms with Gasteiger partial charge in [0.2, 0.25) is 5.91 Å². The molecule has 3 nitrogen and oxygen atoms in total. The smallest absolute Gasteiger partial charge is 0.227 e. The van der Waals surface area contributed by atoms with Gasteiger partial charge in [0.25, 0.3) is 0 Å². The second-order valence-electron chi connectivity index (χ2n) is 6.52. The Bertz CT molecular complexity index is 776. The lowest BCUT2D eigenvalue weighted by Crippen LogP contribution is -2.37. The summed E-state index contributed by atoms with van der Waals surface area (Å²) in [4.78, 5) is 16.1. The summed E-state index contributed by atoms with van der Waals surface area (Å²) in [5, 5.41) is 4.23. The van der Waals surface area contributed by atoms with Crippen LogP contribution in [0.2, 0.25) is 10.0 Å². The molecule has 1 heterocycles. The number of hydrogen-bond donors (Lipinski definition) is 1. The fourth-order valence-electron chi connectivity index (χ4n) is 3.19. The molecule has 26 heavy (non-hydrogen) atoms. The van der Waals surface area contributed by atoms with Crippen LogP contribution in [0.5, 0.6) is 0 Å². The number of thioether (sulfide) groups is 1. The zero-order valence-electron chi connectivity index (χ0n) is 14.7. The van der Waals surface area contributed by atoms with Crippen LogP contribution in [0.1, 0.15) is 18.4 Å². The first-order valence-corrected chi connectivity index (χ1v) is 10.6. The van der Waals surface area contributed by atoms with Crippen LogP contribution in [0.25, 0.3) is 0 Å². The largest absolute Gasteiger partial charge is 0.326 e. The summed E-state index contributed by atoms with van der Waals surface area (Å²) < 4.78 is 0. The van der Waals surface area contributed by atoms with Gasteiger partial charge in [-0.05, 0) is 68.1 Å². The van der Waals surface area contributed by atoms with Crippen molar-refractivity contribution in [2.24, 2.45) is 5.92 Å². The Morgan fingerprint density at radius 2 is 1.92 bits per heavy atom. The van der Waals surface area contributed by atoms with Crippen molar-refractivity contribution in [2.75, 3.05) is 24.7 Å². The predicted molar refractivity (Wildman–Crippen MR) is 111 cm³/mol. The number of carbonyl (C=O) groups is 1. The lowest BCUT2D eigenvalue weighted by atomic mass is 9.95. The summed E-state index contributed by atoms with van der Waals surface area (Å²) in [5.41, 5.74) is 2.02. The standard InChI is InChI=1S/C20H22Cl2N2OS/c1-26-17-4-2-3-16(12-17)23-20(25)15-7-9-24(10-8-15)13-14-5-6-18(21)19(22)11-14/h2-6,11-12,15H,7-10,13H2,1H3,(H,23,25). The SMILES string of the molecule is CSc1cccc(NC(=O)C2CCN(Cc3ccc(Cl)c(Cl)c3)CC2)c1. The van der Waals surface area contributed by atoms with Crippen molar-refractivity contribution < 1.29 is 4.79 Å². The number of amides is 1. The maximum absolute atomic E-state index is 12.5. The Morgan fingerprint density at radius 1 is 1.15 bits per heavy atom. The molecule has 1 fully saturated rings. The second kappa shape index (κ2) is 9.14. The lowest BCUT2D eigenvalue weighted by Gasteiger charge is -2.31. The van der Waals surface area contributed by atoms with Crippen molar-refractivity contribution in [1.29, 1.82) is 0 Å². The third kappa shape index (κ3) is 5.17. The molecule has 0 aliphatic carbocycles. The number of nitrogens with one attached hydrogen (secondary N) is 1. The van der Waals surface area contributed by atoms with Gasteiger partial charge in [-0.1, -0.05) is 35.3 Å². The van der Waals surface area contributed by atoms with Gasteiger partial charge in [-0.3, -0.25) is 9.69 Å². The highest BCUT2D eigenvalue weighted by molar-refractivity contribution is 7.98. The molecular formula is C20H22Cl2N2OS. The van der Waals surface area contributed by atoms with Crippen LogP contribution >= 0.6 is 35.0 Å². The third-order valence-corrected chi connectivity index (χ3v) is 6.15. The Labute approximate surface area is 169 Å². The van der Waals surface area contributed by atoms with Gasteiger partial charge in [-0.2, -0.15) is 0 Å². The highest BCUT2D eigenvalue weighted by Crippen LogP contribution is 2.26. The van der Waals surface area contributed by atoms with Crippen LogP contribution in [0.3, 0.4) is 0 Å². The maximum atomic E-state index is 12.5. The molecule has 0 aromatic heterocycles. The molecule has 0 atom stereocenters. The van der Waals surface area contributed by atoms with E-state index in [-0.39, 0.29) is 11.8 Å². The van der Waals surface area contributed by atoms with Crippen molar-refractivity contribution in [2.45, 2.75) is 24.3 Å². The number of anilines is 1. The van der Waals surface area contributed by atoms with Gasteiger partial charge in [-0.25, -0.2) is 0 Å². The van der Waals surface area contributed by atoms with E-state index in [4.69, 9.17) is 23.2 Å². The van der Waals surface area contributed by atoms with Gasteiger partial charge >= 0.3 is 0 Å². The average Bonchev–Trinajstić information content (AvgIpc) is 2.65. The molecule has 3 rings (SSSR count). The van der Waals surface area contributed by atoms with Crippen molar-refractivity contribution in [3.05, 3.63) is 58.1 Å². The van der Waals surface area contributed by atoms with Crippen LogP contribution in [0, 0.1) is 5.92 Å². The molecule has 2 aromatic rings. The van der Waals surface area contributed by atoms with Gasteiger partial charge < -0.3 is 5.32 Å². The molecule has 6 heteroatoms. The molecule has 1 amide bonds. The molecule has 0 unspecified atom stereocenters. The normalized spacial score (nSPS) is 15.8.